The predicted molar refractivity (Wildman–Crippen MR) is 182 cm³/mol. The maximum absolute atomic E-state index is 14.3. The van der Waals surface area contributed by atoms with E-state index < -0.39 is 65.7 Å². The molecule has 4 unspecified atom stereocenters. The number of ether oxygens (including phenoxy) is 7. The van der Waals surface area contributed by atoms with E-state index in [9.17, 15) is 19.5 Å². The van der Waals surface area contributed by atoms with Crippen LogP contribution in [0.5, 0.6) is 5.75 Å². The minimum Gasteiger partial charge on any atom is -0.497 e. The fourth-order valence-electron chi connectivity index (χ4n) is 9.89. The normalized spacial score (nSPS) is 37.0. The predicted octanol–water partition coefficient (Wildman–Crippen LogP) is 5.35. The summed E-state index contributed by atoms with van der Waals surface area (Å²) < 4.78 is 44.6. The van der Waals surface area contributed by atoms with E-state index in [-0.39, 0.29) is 36.2 Å². The van der Waals surface area contributed by atoms with Crippen molar-refractivity contribution in [3.05, 3.63) is 76.9 Å². The number of benzene rings is 2. The third kappa shape index (κ3) is 5.96. The Morgan fingerprint density at radius 2 is 1.59 bits per heavy atom. The Morgan fingerprint density at radius 3 is 2.18 bits per heavy atom. The molecule has 274 valence electrons. The van der Waals surface area contributed by atoms with Gasteiger partial charge >= 0.3 is 17.9 Å². The van der Waals surface area contributed by atoms with Gasteiger partial charge in [-0.25, -0.2) is 4.79 Å². The topological polar surface area (TPSA) is 136 Å². The maximum Gasteiger partial charge on any atom is 0.338 e. The minimum absolute atomic E-state index is 0.0390. The van der Waals surface area contributed by atoms with Crippen molar-refractivity contribution in [1.29, 1.82) is 0 Å². The SMILES string of the molecule is COc1ccc(C2O[C@H]3C[C@H]4OCC4[C@@H]4C3C(C)[C@@H](O2)[C@H](OC(C)=O)C2=C(C)[C@@H](OC(C)=O)C[C@@]2(C(C)(C)O)[C@H]4OC(=O)c2ccccc2)cc1. The molecule has 2 aromatic carbocycles. The van der Waals surface area contributed by atoms with E-state index >= 15 is 0 Å². The Balaban J connectivity index is 1.49. The zero-order valence-electron chi connectivity index (χ0n) is 30.2. The first-order valence-electron chi connectivity index (χ1n) is 17.9. The number of methoxy groups -OCH3 is 1. The highest BCUT2D eigenvalue weighted by Crippen LogP contribution is 2.65. The van der Waals surface area contributed by atoms with Gasteiger partial charge in [-0.15, -0.1) is 0 Å². The van der Waals surface area contributed by atoms with Gasteiger partial charge in [-0.1, -0.05) is 37.3 Å². The van der Waals surface area contributed by atoms with Gasteiger partial charge in [0.15, 0.2) is 12.4 Å². The van der Waals surface area contributed by atoms with E-state index in [0.29, 0.717) is 35.5 Å². The van der Waals surface area contributed by atoms with Crippen LogP contribution in [0.2, 0.25) is 0 Å². The Labute approximate surface area is 298 Å². The zero-order chi connectivity index (χ0) is 36.4. The van der Waals surface area contributed by atoms with Gasteiger partial charge in [-0.3, -0.25) is 9.59 Å². The molecule has 12 atom stereocenters. The van der Waals surface area contributed by atoms with Crippen LogP contribution in [0.1, 0.15) is 76.6 Å². The van der Waals surface area contributed by atoms with Crippen LogP contribution in [0.3, 0.4) is 0 Å². The summed E-state index contributed by atoms with van der Waals surface area (Å²) in [5, 5.41) is 12.6. The molecule has 2 saturated carbocycles. The largest absolute Gasteiger partial charge is 0.497 e. The molecule has 11 nitrogen and oxygen atoms in total. The van der Waals surface area contributed by atoms with Crippen molar-refractivity contribution >= 4 is 17.9 Å². The van der Waals surface area contributed by atoms with Crippen LogP contribution >= 0.6 is 0 Å². The molecule has 2 bridgehead atoms. The van der Waals surface area contributed by atoms with Gasteiger partial charge in [-0.05, 0) is 68.0 Å². The smallest absolute Gasteiger partial charge is 0.338 e. The van der Waals surface area contributed by atoms with E-state index in [1.165, 1.54) is 13.8 Å². The number of aliphatic hydroxyl groups is 1. The van der Waals surface area contributed by atoms with Gasteiger partial charge in [0.25, 0.3) is 0 Å². The van der Waals surface area contributed by atoms with Gasteiger partial charge in [0.1, 0.15) is 24.1 Å². The summed E-state index contributed by atoms with van der Waals surface area (Å²) in [7, 11) is 1.60. The highest BCUT2D eigenvalue weighted by molar-refractivity contribution is 5.89. The maximum atomic E-state index is 14.3. The lowest BCUT2D eigenvalue weighted by Gasteiger charge is -2.61. The molecule has 4 fully saturated rings. The first-order valence-corrected chi connectivity index (χ1v) is 17.9. The summed E-state index contributed by atoms with van der Waals surface area (Å²) in [6.45, 7) is 10.4. The van der Waals surface area contributed by atoms with Crippen LogP contribution in [0, 0.1) is 29.1 Å². The van der Waals surface area contributed by atoms with Crippen LogP contribution in [-0.4, -0.2) is 79.0 Å². The Hall–Kier alpha value is -3.77. The van der Waals surface area contributed by atoms with Crippen molar-refractivity contribution in [3.63, 3.8) is 0 Å². The van der Waals surface area contributed by atoms with E-state index in [4.69, 9.17) is 33.2 Å². The Morgan fingerprint density at radius 1 is 0.902 bits per heavy atom. The Bertz CT molecular complexity index is 1680. The van der Waals surface area contributed by atoms with Gasteiger partial charge in [0, 0.05) is 44.1 Å². The molecule has 5 aliphatic rings. The standard InChI is InChI=1S/C40H48O11/c1-20-30(47-22(3)41)18-40(39(5,6)44)33(20)35(48-23(4)42)34-21(2)31-29(49-38(50-34)25-13-15-26(45-7)16-14-25)17-28-27(19-46-28)32(31)36(40)51-37(43)24-11-9-8-10-12-24/h8-16,21,27-32,34-36,38,44H,17-19H2,1-7H3/t21?,27?,28-,29+,30+,31?,32-,34-,35-,36+,38?,40+/m1/s1. The lowest BCUT2D eigenvalue weighted by atomic mass is 9.50. The highest BCUT2D eigenvalue weighted by Gasteiger charge is 2.71. The van der Waals surface area contributed by atoms with Crippen molar-refractivity contribution in [3.8, 4) is 5.75 Å². The summed E-state index contributed by atoms with van der Waals surface area (Å²) >= 11 is 0. The second kappa shape index (κ2) is 13.3. The lowest BCUT2D eigenvalue weighted by Crippen LogP contribution is -2.69. The zero-order valence-corrected chi connectivity index (χ0v) is 30.2. The van der Waals surface area contributed by atoms with Crippen molar-refractivity contribution in [2.24, 2.45) is 29.1 Å². The number of esters is 3. The number of rotatable bonds is 7. The first kappa shape index (κ1) is 35.6. The summed E-state index contributed by atoms with van der Waals surface area (Å²) in [5.74, 6) is -1.91. The average Bonchev–Trinajstić information content (AvgIpc) is 3.26. The van der Waals surface area contributed by atoms with Gasteiger partial charge in [0.05, 0.1) is 42.5 Å². The van der Waals surface area contributed by atoms with Gasteiger partial charge in [-0.2, -0.15) is 0 Å². The molecule has 51 heavy (non-hydrogen) atoms. The molecular formula is C40H48O11. The van der Waals surface area contributed by atoms with E-state index in [1.807, 2.05) is 37.3 Å². The van der Waals surface area contributed by atoms with Crippen LogP contribution in [0.15, 0.2) is 65.7 Å². The third-order valence-corrected chi connectivity index (χ3v) is 12.2. The molecule has 2 aliphatic heterocycles. The molecule has 11 heteroatoms. The van der Waals surface area contributed by atoms with Gasteiger partial charge in [0.2, 0.25) is 0 Å². The van der Waals surface area contributed by atoms with Crippen LogP contribution in [0.25, 0.3) is 0 Å². The van der Waals surface area contributed by atoms with Crippen LogP contribution in [-0.2, 0) is 38.0 Å². The monoisotopic (exact) mass is 704 g/mol. The second-order valence-corrected chi connectivity index (χ2v) is 15.3. The summed E-state index contributed by atoms with van der Waals surface area (Å²) in [4.78, 5) is 40.0. The molecule has 2 saturated heterocycles. The second-order valence-electron chi connectivity index (χ2n) is 15.3. The molecular weight excluding hydrogens is 656 g/mol. The van der Waals surface area contributed by atoms with E-state index in [2.05, 4.69) is 6.92 Å². The molecule has 0 amide bonds. The molecule has 2 heterocycles. The van der Waals surface area contributed by atoms with Crippen molar-refractivity contribution in [2.75, 3.05) is 13.7 Å². The van der Waals surface area contributed by atoms with Crippen molar-refractivity contribution in [1.82, 2.24) is 0 Å². The highest BCUT2D eigenvalue weighted by atomic mass is 16.7. The number of carbonyl (C=O) groups excluding carboxylic acids is 3. The number of hydrogen-bond acceptors (Lipinski definition) is 11. The lowest BCUT2D eigenvalue weighted by molar-refractivity contribution is -0.260. The third-order valence-electron chi connectivity index (χ3n) is 12.2. The molecule has 2 aromatic rings. The Kier molecular flexibility index (Phi) is 9.31. The quantitative estimate of drug-likeness (QED) is 0.227. The summed E-state index contributed by atoms with van der Waals surface area (Å²) in [6, 6.07) is 16.2. The first-order chi connectivity index (χ1) is 24.2. The number of fused-ring (bicyclic) bond motifs is 4. The number of hydrogen-bond donors (Lipinski definition) is 1. The van der Waals surface area contributed by atoms with Crippen molar-refractivity contribution in [2.45, 2.75) is 103 Å². The number of carbonyl (C=O) groups is 3. The summed E-state index contributed by atoms with van der Waals surface area (Å²) in [5.41, 5.74) is -0.725. The minimum atomic E-state index is -1.59. The van der Waals surface area contributed by atoms with Crippen molar-refractivity contribution < 1.29 is 52.6 Å². The molecule has 7 rings (SSSR count). The molecule has 0 aromatic heterocycles. The van der Waals surface area contributed by atoms with Crippen LogP contribution in [0.4, 0.5) is 0 Å². The molecule has 0 radical (unpaired) electrons. The van der Waals surface area contributed by atoms with Gasteiger partial charge < -0.3 is 38.3 Å². The average molecular weight is 705 g/mol. The molecule has 3 aliphatic carbocycles. The summed E-state index contributed by atoms with van der Waals surface area (Å²) in [6.07, 6.45) is -4.35. The molecule has 1 N–H and O–H groups in total. The van der Waals surface area contributed by atoms with Crippen LogP contribution < -0.4 is 4.74 Å². The van der Waals surface area contributed by atoms with E-state index in [0.717, 1.165) is 5.56 Å². The van der Waals surface area contributed by atoms with E-state index in [1.54, 1.807) is 45.2 Å². The fourth-order valence-corrected chi connectivity index (χ4v) is 9.89. The molecule has 0 spiro atoms. The fraction of sp³-hybridized carbons (Fsp3) is 0.575.